The molecule has 0 aromatic carbocycles. The third kappa shape index (κ3) is 4.22. The molecular formula is C15H22ClN3. The lowest BCUT2D eigenvalue weighted by atomic mass is 10.1. The smallest absolute Gasteiger partial charge is 0.137 e. The number of nitrogens with one attached hydrogen (secondary N) is 1. The molecular weight excluding hydrogens is 258 g/mol. The van der Waals surface area contributed by atoms with Crippen LogP contribution >= 0.6 is 11.6 Å². The van der Waals surface area contributed by atoms with Crippen LogP contribution in [0.25, 0.3) is 5.65 Å². The van der Waals surface area contributed by atoms with Crippen molar-refractivity contribution in [3.8, 4) is 0 Å². The first-order chi connectivity index (χ1) is 9.19. The van der Waals surface area contributed by atoms with Crippen LogP contribution in [0.1, 0.15) is 45.2 Å². The zero-order chi connectivity index (χ0) is 13.7. The number of fused-ring (bicyclic) bond motifs is 1. The predicted octanol–water partition coefficient (Wildman–Crippen LogP) is 4.05. The molecule has 1 unspecified atom stereocenters. The maximum atomic E-state index is 5.96. The zero-order valence-corrected chi connectivity index (χ0v) is 12.5. The Kier molecular flexibility index (Phi) is 5.23. The average molecular weight is 280 g/mol. The summed E-state index contributed by atoms with van der Waals surface area (Å²) in [5, 5.41) is 4.26. The maximum Gasteiger partial charge on any atom is 0.137 e. The van der Waals surface area contributed by atoms with Gasteiger partial charge in [0.2, 0.25) is 0 Å². The van der Waals surface area contributed by atoms with Gasteiger partial charge in [-0.3, -0.25) is 0 Å². The Bertz CT molecular complexity index is 521. The van der Waals surface area contributed by atoms with Crippen LogP contribution in [0, 0.1) is 0 Å². The van der Waals surface area contributed by atoms with E-state index < -0.39 is 0 Å². The first kappa shape index (κ1) is 14.4. The van der Waals surface area contributed by atoms with E-state index in [0.29, 0.717) is 6.04 Å². The lowest BCUT2D eigenvalue weighted by Gasteiger charge is -2.12. The van der Waals surface area contributed by atoms with Crippen molar-refractivity contribution in [3.63, 3.8) is 0 Å². The van der Waals surface area contributed by atoms with Gasteiger partial charge in [0.1, 0.15) is 5.65 Å². The number of hydrogen-bond donors (Lipinski definition) is 1. The van der Waals surface area contributed by atoms with E-state index in [9.17, 15) is 0 Å². The molecule has 0 saturated carbocycles. The van der Waals surface area contributed by atoms with Crippen LogP contribution < -0.4 is 5.32 Å². The summed E-state index contributed by atoms with van der Waals surface area (Å²) in [6.45, 7) is 5.29. The largest absolute Gasteiger partial charge is 0.309 e. The highest BCUT2D eigenvalue weighted by Crippen LogP contribution is 2.12. The fourth-order valence-corrected chi connectivity index (χ4v) is 2.35. The van der Waals surface area contributed by atoms with Crippen LogP contribution in [-0.4, -0.2) is 15.4 Å². The highest BCUT2D eigenvalue weighted by atomic mass is 35.5. The second-order valence-electron chi connectivity index (χ2n) is 5.12. The van der Waals surface area contributed by atoms with Crippen LogP contribution in [0.5, 0.6) is 0 Å². The van der Waals surface area contributed by atoms with Gasteiger partial charge in [0.05, 0.1) is 10.7 Å². The van der Waals surface area contributed by atoms with Crippen molar-refractivity contribution >= 4 is 17.2 Å². The fourth-order valence-electron chi connectivity index (χ4n) is 2.18. The Morgan fingerprint density at radius 2 is 2.16 bits per heavy atom. The van der Waals surface area contributed by atoms with E-state index in [1.807, 2.05) is 28.9 Å². The zero-order valence-electron chi connectivity index (χ0n) is 11.7. The minimum Gasteiger partial charge on any atom is -0.309 e. The van der Waals surface area contributed by atoms with Gasteiger partial charge in [-0.15, -0.1) is 0 Å². The van der Waals surface area contributed by atoms with E-state index in [1.54, 1.807) is 0 Å². The Labute approximate surface area is 120 Å². The standard InChI is InChI=1S/C15H22ClN3/c1-3-4-5-6-12(2)17-9-14-11-19-10-13(16)7-8-15(19)18-14/h7-8,10-12,17H,3-6,9H2,1-2H3. The van der Waals surface area contributed by atoms with E-state index in [-0.39, 0.29) is 0 Å². The molecule has 0 spiro atoms. The second kappa shape index (κ2) is 6.92. The van der Waals surface area contributed by atoms with Crippen molar-refractivity contribution in [2.24, 2.45) is 0 Å². The minimum atomic E-state index is 0.542. The highest BCUT2D eigenvalue weighted by molar-refractivity contribution is 6.30. The van der Waals surface area contributed by atoms with Gasteiger partial charge in [-0.25, -0.2) is 4.98 Å². The number of imidazole rings is 1. The molecule has 0 aliphatic rings. The van der Waals surface area contributed by atoms with Crippen molar-refractivity contribution in [3.05, 3.63) is 35.2 Å². The number of unbranched alkanes of at least 4 members (excludes halogenated alkanes) is 2. The second-order valence-corrected chi connectivity index (χ2v) is 5.56. The van der Waals surface area contributed by atoms with Gasteiger partial charge in [-0.2, -0.15) is 0 Å². The van der Waals surface area contributed by atoms with Gasteiger partial charge in [0.15, 0.2) is 0 Å². The summed E-state index contributed by atoms with van der Waals surface area (Å²) < 4.78 is 1.97. The molecule has 0 radical (unpaired) electrons. The number of aromatic nitrogens is 2. The summed E-state index contributed by atoms with van der Waals surface area (Å²) >= 11 is 5.96. The summed E-state index contributed by atoms with van der Waals surface area (Å²) in [5.74, 6) is 0. The monoisotopic (exact) mass is 279 g/mol. The third-order valence-corrected chi connectivity index (χ3v) is 3.56. The van der Waals surface area contributed by atoms with Gasteiger partial charge in [0.25, 0.3) is 0 Å². The molecule has 0 aliphatic carbocycles. The van der Waals surface area contributed by atoms with Crippen LogP contribution in [0.2, 0.25) is 5.02 Å². The van der Waals surface area contributed by atoms with Crippen LogP contribution in [0.4, 0.5) is 0 Å². The van der Waals surface area contributed by atoms with Crippen molar-refractivity contribution in [2.75, 3.05) is 0 Å². The topological polar surface area (TPSA) is 29.3 Å². The van der Waals surface area contributed by atoms with E-state index in [0.717, 1.165) is 22.9 Å². The molecule has 1 atom stereocenters. The van der Waals surface area contributed by atoms with Crippen LogP contribution in [0.3, 0.4) is 0 Å². The number of halogens is 1. The molecule has 4 heteroatoms. The average Bonchev–Trinajstić information content (AvgIpc) is 2.78. The summed E-state index contributed by atoms with van der Waals surface area (Å²) in [4.78, 5) is 4.56. The third-order valence-electron chi connectivity index (χ3n) is 3.34. The number of nitrogens with zero attached hydrogens (tertiary/aromatic N) is 2. The molecule has 0 bridgehead atoms. The molecule has 2 heterocycles. The lowest BCUT2D eigenvalue weighted by molar-refractivity contribution is 0.484. The molecule has 2 rings (SSSR count). The molecule has 0 fully saturated rings. The molecule has 1 N–H and O–H groups in total. The molecule has 19 heavy (non-hydrogen) atoms. The first-order valence-electron chi connectivity index (χ1n) is 7.05. The normalized spacial score (nSPS) is 13.0. The summed E-state index contributed by atoms with van der Waals surface area (Å²) in [6.07, 6.45) is 9.04. The van der Waals surface area contributed by atoms with Crippen molar-refractivity contribution < 1.29 is 0 Å². The highest BCUT2D eigenvalue weighted by Gasteiger charge is 2.05. The molecule has 104 valence electrons. The molecule has 2 aromatic heterocycles. The first-order valence-corrected chi connectivity index (χ1v) is 7.43. The van der Waals surface area contributed by atoms with E-state index in [1.165, 1.54) is 25.7 Å². The van der Waals surface area contributed by atoms with Gasteiger partial charge >= 0.3 is 0 Å². The lowest BCUT2D eigenvalue weighted by Crippen LogP contribution is -2.25. The Morgan fingerprint density at radius 1 is 1.32 bits per heavy atom. The van der Waals surface area contributed by atoms with Crippen molar-refractivity contribution in [2.45, 2.75) is 52.1 Å². The van der Waals surface area contributed by atoms with Gasteiger partial charge < -0.3 is 9.72 Å². The molecule has 0 saturated heterocycles. The predicted molar refractivity (Wildman–Crippen MR) is 80.6 cm³/mol. The summed E-state index contributed by atoms with van der Waals surface area (Å²) in [7, 11) is 0. The number of rotatable bonds is 7. The number of pyridine rings is 1. The minimum absolute atomic E-state index is 0.542. The van der Waals surface area contributed by atoms with Crippen LogP contribution in [-0.2, 0) is 6.54 Å². The van der Waals surface area contributed by atoms with Crippen molar-refractivity contribution in [1.82, 2.24) is 14.7 Å². The maximum absolute atomic E-state index is 5.96. The molecule has 3 nitrogen and oxygen atoms in total. The van der Waals surface area contributed by atoms with E-state index in [2.05, 4.69) is 24.1 Å². The summed E-state index contributed by atoms with van der Waals surface area (Å²) in [6, 6.07) is 4.35. The number of hydrogen-bond acceptors (Lipinski definition) is 2. The summed E-state index contributed by atoms with van der Waals surface area (Å²) in [5.41, 5.74) is 2.00. The Morgan fingerprint density at radius 3 is 2.95 bits per heavy atom. The fraction of sp³-hybridized carbons (Fsp3) is 0.533. The molecule has 0 amide bonds. The SMILES string of the molecule is CCCCCC(C)NCc1cn2cc(Cl)ccc2n1. The molecule has 0 aliphatic heterocycles. The van der Waals surface area contributed by atoms with Crippen LogP contribution in [0.15, 0.2) is 24.5 Å². The van der Waals surface area contributed by atoms with Gasteiger partial charge in [-0.1, -0.05) is 37.8 Å². The van der Waals surface area contributed by atoms with E-state index in [4.69, 9.17) is 11.6 Å². The van der Waals surface area contributed by atoms with Gasteiger partial charge in [0, 0.05) is 25.0 Å². The Balaban J connectivity index is 1.87. The van der Waals surface area contributed by atoms with Gasteiger partial charge in [-0.05, 0) is 25.5 Å². The molecule has 2 aromatic rings. The quantitative estimate of drug-likeness (QED) is 0.775. The Hall–Kier alpha value is -1.06. The van der Waals surface area contributed by atoms with Crippen molar-refractivity contribution in [1.29, 1.82) is 0 Å². The van der Waals surface area contributed by atoms with E-state index >= 15 is 0 Å².